The van der Waals surface area contributed by atoms with Gasteiger partial charge in [0.25, 0.3) is 5.91 Å². The Morgan fingerprint density at radius 3 is 2.68 bits per heavy atom. The van der Waals surface area contributed by atoms with E-state index in [1.54, 1.807) is 11.3 Å². The van der Waals surface area contributed by atoms with Crippen LogP contribution in [-0.4, -0.2) is 11.9 Å². The van der Waals surface area contributed by atoms with Gasteiger partial charge in [-0.3, -0.25) is 4.79 Å². The van der Waals surface area contributed by atoms with E-state index in [-0.39, 0.29) is 5.91 Å². The molecule has 2 aliphatic rings. The molecule has 1 amide bonds. The van der Waals surface area contributed by atoms with Crippen molar-refractivity contribution >= 4 is 17.2 Å². The van der Waals surface area contributed by atoms with Crippen LogP contribution in [0.5, 0.6) is 0 Å². The van der Waals surface area contributed by atoms with E-state index < -0.39 is 0 Å². The summed E-state index contributed by atoms with van der Waals surface area (Å²) in [5.74, 6) is 2.65. The van der Waals surface area contributed by atoms with E-state index in [0.29, 0.717) is 12.0 Å². The summed E-state index contributed by atoms with van der Waals surface area (Å²) in [5.41, 5.74) is 1.22. The molecular formula is C16H23NOS. The van der Waals surface area contributed by atoms with Crippen LogP contribution in [0.1, 0.15) is 52.7 Å². The lowest BCUT2D eigenvalue weighted by Gasteiger charge is -2.28. The van der Waals surface area contributed by atoms with Crippen molar-refractivity contribution in [1.82, 2.24) is 5.32 Å². The van der Waals surface area contributed by atoms with E-state index in [9.17, 15) is 4.79 Å². The van der Waals surface area contributed by atoms with Crippen molar-refractivity contribution in [2.75, 3.05) is 0 Å². The lowest BCUT2D eigenvalue weighted by molar-refractivity contribution is 0.0919. The average molecular weight is 277 g/mol. The maximum absolute atomic E-state index is 12.3. The molecule has 0 saturated heterocycles. The highest BCUT2D eigenvalue weighted by atomic mass is 32.1. The summed E-state index contributed by atoms with van der Waals surface area (Å²) in [4.78, 5) is 14.4. The van der Waals surface area contributed by atoms with Crippen LogP contribution in [0.25, 0.3) is 0 Å². The van der Waals surface area contributed by atoms with Gasteiger partial charge in [-0.25, -0.2) is 0 Å². The first kappa shape index (κ1) is 13.2. The van der Waals surface area contributed by atoms with Crippen LogP contribution in [-0.2, 0) is 0 Å². The van der Waals surface area contributed by atoms with Gasteiger partial charge in [0.1, 0.15) is 0 Å². The number of carbonyl (C=O) groups is 1. The number of aryl methyl sites for hydroxylation is 2. The lowest BCUT2D eigenvalue weighted by atomic mass is 9.84. The van der Waals surface area contributed by atoms with E-state index in [1.165, 1.54) is 36.1 Å². The molecular weight excluding hydrogens is 254 g/mol. The molecule has 0 spiro atoms. The molecule has 0 unspecified atom stereocenters. The van der Waals surface area contributed by atoms with Gasteiger partial charge in [-0.05, 0) is 69.4 Å². The minimum absolute atomic E-state index is 0.122. The van der Waals surface area contributed by atoms with Crippen LogP contribution in [0.2, 0.25) is 0 Å². The molecule has 1 aromatic heterocycles. The van der Waals surface area contributed by atoms with E-state index in [1.807, 2.05) is 6.07 Å². The molecule has 3 rings (SSSR count). The number of fused-ring (bicyclic) bond motifs is 2. The van der Waals surface area contributed by atoms with Crippen LogP contribution < -0.4 is 5.32 Å². The smallest absolute Gasteiger partial charge is 0.261 e. The van der Waals surface area contributed by atoms with Gasteiger partial charge in [-0.15, -0.1) is 11.3 Å². The monoisotopic (exact) mass is 277 g/mol. The third kappa shape index (κ3) is 2.45. The highest BCUT2D eigenvalue weighted by molar-refractivity contribution is 7.14. The van der Waals surface area contributed by atoms with Crippen molar-refractivity contribution in [1.29, 1.82) is 0 Å². The molecule has 0 aromatic carbocycles. The Morgan fingerprint density at radius 1 is 1.37 bits per heavy atom. The van der Waals surface area contributed by atoms with Gasteiger partial charge in [0.2, 0.25) is 0 Å². The predicted molar refractivity (Wildman–Crippen MR) is 79.7 cm³/mol. The van der Waals surface area contributed by atoms with Crippen LogP contribution in [0.15, 0.2) is 6.07 Å². The van der Waals surface area contributed by atoms with Crippen LogP contribution in [0.3, 0.4) is 0 Å². The topological polar surface area (TPSA) is 29.1 Å². The zero-order valence-corrected chi connectivity index (χ0v) is 12.8. The van der Waals surface area contributed by atoms with Crippen molar-refractivity contribution in [3.63, 3.8) is 0 Å². The first-order chi connectivity index (χ1) is 9.04. The third-order valence-corrected chi connectivity index (χ3v) is 6.33. The van der Waals surface area contributed by atoms with Gasteiger partial charge < -0.3 is 5.32 Å². The van der Waals surface area contributed by atoms with Gasteiger partial charge in [-0.1, -0.05) is 6.42 Å². The van der Waals surface area contributed by atoms with E-state index in [0.717, 1.165) is 16.7 Å². The Morgan fingerprint density at radius 2 is 2.16 bits per heavy atom. The minimum Gasteiger partial charge on any atom is -0.349 e. The van der Waals surface area contributed by atoms with Gasteiger partial charge in [0.15, 0.2) is 0 Å². The zero-order valence-electron chi connectivity index (χ0n) is 12.0. The van der Waals surface area contributed by atoms with Crippen molar-refractivity contribution in [3.05, 3.63) is 21.4 Å². The Hall–Kier alpha value is -0.830. The highest BCUT2D eigenvalue weighted by Crippen LogP contribution is 2.49. The third-order valence-electron chi connectivity index (χ3n) is 5.18. The van der Waals surface area contributed by atoms with E-state index in [4.69, 9.17) is 0 Å². The van der Waals surface area contributed by atoms with Gasteiger partial charge in [0.05, 0.1) is 4.88 Å². The summed E-state index contributed by atoms with van der Waals surface area (Å²) in [6, 6.07) is 2.34. The quantitative estimate of drug-likeness (QED) is 0.891. The molecule has 2 nitrogen and oxygen atoms in total. The second-order valence-electron chi connectivity index (χ2n) is 6.45. The number of amides is 1. The predicted octanol–water partition coefficient (Wildman–Crippen LogP) is 3.92. The highest BCUT2D eigenvalue weighted by Gasteiger charge is 2.42. The summed E-state index contributed by atoms with van der Waals surface area (Å²) in [5, 5.41) is 3.24. The SMILES string of the molecule is Cc1cc(C(=O)N[C@H](C)[C@@H]2C[C@H]3CC[C@H]2C3)sc1C. The number of hydrogen-bond donors (Lipinski definition) is 1. The molecule has 0 aliphatic heterocycles. The van der Waals surface area contributed by atoms with Crippen molar-refractivity contribution < 1.29 is 4.79 Å². The Bertz CT molecular complexity index is 473. The molecule has 1 heterocycles. The van der Waals surface area contributed by atoms with Crippen LogP contribution in [0.4, 0.5) is 0 Å². The average Bonchev–Trinajstić information content (AvgIpc) is 3.06. The molecule has 2 saturated carbocycles. The van der Waals surface area contributed by atoms with E-state index >= 15 is 0 Å². The summed E-state index contributed by atoms with van der Waals surface area (Å²) < 4.78 is 0. The van der Waals surface area contributed by atoms with Crippen molar-refractivity contribution in [2.45, 2.75) is 52.5 Å². The van der Waals surface area contributed by atoms with Gasteiger partial charge >= 0.3 is 0 Å². The number of rotatable bonds is 3. The van der Waals surface area contributed by atoms with E-state index in [2.05, 4.69) is 26.1 Å². The molecule has 1 N–H and O–H groups in total. The molecule has 4 atom stereocenters. The molecule has 1 aromatic rings. The van der Waals surface area contributed by atoms with Crippen molar-refractivity contribution in [2.24, 2.45) is 17.8 Å². The van der Waals surface area contributed by atoms with Gasteiger partial charge in [0, 0.05) is 10.9 Å². The van der Waals surface area contributed by atoms with Crippen LogP contribution in [0, 0.1) is 31.6 Å². The Kier molecular flexibility index (Phi) is 3.42. The molecule has 3 heteroatoms. The fraction of sp³-hybridized carbons (Fsp3) is 0.688. The molecule has 2 aliphatic carbocycles. The molecule has 19 heavy (non-hydrogen) atoms. The number of nitrogens with one attached hydrogen (secondary N) is 1. The molecule has 104 valence electrons. The summed E-state index contributed by atoms with van der Waals surface area (Å²) in [6.07, 6.45) is 5.54. The number of thiophene rings is 1. The van der Waals surface area contributed by atoms with Crippen LogP contribution >= 0.6 is 11.3 Å². The number of carbonyl (C=O) groups excluding carboxylic acids is 1. The first-order valence-corrected chi connectivity index (χ1v) is 8.24. The summed E-state index contributed by atoms with van der Waals surface area (Å²) in [7, 11) is 0. The number of hydrogen-bond acceptors (Lipinski definition) is 2. The maximum Gasteiger partial charge on any atom is 0.261 e. The fourth-order valence-corrected chi connectivity index (χ4v) is 4.91. The van der Waals surface area contributed by atoms with Gasteiger partial charge in [-0.2, -0.15) is 0 Å². The maximum atomic E-state index is 12.3. The standard InChI is InChI=1S/C16H23NOS/c1-9-6-15(19-11(9)3)16(18)17-10(2)14-8-12-4-5-13(14)7-12/h6,10,12-14H,4-5,7-8H2,1-3H3,(H,17,18)/t10-,12+,13+,14+/m1/s1. The largest absolute Gasteiger partial charge is 0.349 e. The second kappa shape index (κ2) is 4.93. The first-order valence-electron chi connectivity index (χ1n) is 7.42. The zero-order chi connectivity index (χ0) is 13.6. The molecule has 0 radical (unpaired) electrons. The second-order valence-corrected chi connectivity index (χ2v) is 7.71. The minimum atomic E-state index is 0.122. The fourth-order valence-electron chi connectivity index (χ4n) is 3.98. The molecule has 2 bridgehead atoms. The summed E-state index contributed by atoms with van der Waals surface area (Å²) in [6.45, 7) is 6.34. The van der Waals surface area contributed by atoms with Crippen molar-refractivity contribution in [3.8, 4) is 0 Å². The Balaban J connectivity index is 1.63. The normalized spacial score (nSPS) is 30.6. The molecule has 2 fully saturated rings. The Labute approximate surface area is 119 Å². The summed E-state index contributed by atoms with van der Waals surface area (Å²) >= 11 is 1.61. The lowest BCUT2D eigenvalue weighted by Crippen LogP contribution is -2.39.